The van der Waals surface area contributed by atoms with Gasteiger partial charge in [-0.25, -0.2) is 8.42 Å². The summed E-state index contributed by atoms with van der Waals surface area (Å²) in [6, 6.07) is 0. The zero-order chi connectivity index (χ0) is 17.2. The third-order valence-corrected chi connectivity index (χ3v) is 4.68. The van der Waals surface area contributed by atoms with Gasteiger partial charge in [-0.15, -0.1) is 0 Å². The van der Waals surface area contributed by atoms with Gasteiger partial charge in [0.1, 0.15) is 0 Å². The fraction of sp³-hybridized carbons (Fsp3) is 1.00. The Kier molecular flexibility index (Phi) is 22.3. The van der Waals surface area contributed by atoms with Gasteiger partial charge in [0, 0.05) is 0 Å². The Morgan fingerprint density at radius 2 is 0.917 bits per heavy atom. The van der Waals surface area contributed by atoms with Crippen LogP contribution in [0.4, 0.5) is 0 Å². The van der Waals surface area contributed by atoms with Gasteiger partial charge in [0.2, 0.25) is 10.4 Å². The van der Waals surface area contributed by atoms with Crippen LogP contribution < -0.4 is 0 Å². The Bertz CT molecular complexity index is 334. The second-order valence-electron chi connectivity index (χ2n) is 6.53. The maximum absolute atomic E-state index is 10.2. The van der Waals surface area contributed by atoms with Crippen molar-refractivity contribution in [2.75, 3.05) is 6.61 Å². The van der Waals surface area contributed by atoms with E-state index in [9.17, 15) is 13.0 Å². The molecule has 0 aromatic carbocycles. The molecule has 0 saturated heterocycles. The number of hydrogen-bond donors (Lipinski definition) is 0. The third kappa shape index (κ3) is 24.9. The molecular weight excluding hydrogens is 337 g/mol. The maximum Gasteiger partial charge on any atom is 2.00 e. The third-order valence-electron chi connectivity index (χ3n) is 4.23. The van der Waals surface area contributed by atoms with Crippen LogP contribution in [0.25, 0.3) is 0 Å². The number of hydrogen-bond acceptors (Lipinski definition) is 4. The van der Waals surface area contributed by atoms with Gasteiger partial charge >= 0.3 is 23.1 Å². The minimum atomic E-state index is -4.49. The smallest absolute Gasteiger partial charge is 0.726 e. The van der Waals surface area contributed by atoms with E-state index >= 15 is 0 Å². The molecule has 0 fully saturated rings. The average molecular weight is 374 g/mol. The molecule has 0 heterocycles. The van der Waals surface area contributed by atoms with Crippen LogP contribution in [0.15, 0.2) is 0 Å². The molecule has 140 valence electrons. The molecule has 0 amide bonds. The topological polar surface area (TPSA) is 66.4 Å². The standard InChI is InChI=1S/C18H38O4S.Mg/c1-2-3-4-5-6-7-8-9-10-11-12-13-14-15-16-17-18-22-23(19,20)21;/h2-18H2,1H3,(H,19,20,21);/q;+2/p-1. The van der Waals surface area contributed by atoms with Crippen molar-refractivity contribution >= 4 is 33.5 Å². The molecule has 6 heteroatoms. The summed E-state index contributed by atoms with van der Waals surface area (Å²) in [5, 5.41) is 0. The minimum absolute atomic E-state index is 0. The van der Waals surface area contributed by atoms with E-state index in [1.807, 2.05) is 0 Å². The molecule has 0 aromatic rings. The van der Waals surface area contributed by atoms with Crippen LogP contribution in [-0.2, 0) is 14.6 Å². The molecule has 0 saturated carbocycles. The fourth-order valence-corrected chi connectivity index (χ4v) is 3.13. The van der Waals surface area contributed by atoms with Crippen LogP contribution >= 0.6 is 0 Å². The zero-order valence-electron chi connectivity index (χ0n) is 15.8. The van der Waals surface area contributed by atoms with Crippen molar-refractivity contribution < 1.29 is 17.2 Å². The Morgan fingerprint density at radius 3 is 1.21 bits per heavy atom. The second kappa shape index (κ2) is 20.0. The van der Waals surface area contributed by atoms with Gasteiger partial charge < -0.3 is 4.55 Å². The Hall–Kier alpha value is 0.636. The van der Waals surface area contributed by atoms with Gasteiger partial charge in [-0.05, 0) is 6.42 Å². The van der Waals surface area contributed by atoms with Crippen LogP contribution in [0.5, 0.6) is 0 Å². The average Bonchev–Trinajstić information content (AvgIpc) is 2.49. The van der Waals surface area contributed by atoms with Crippen LogP contribution in [-0.4, -0.2) is 42.6 Å². The summed E-state index contributed by atoms with van der Waals surface area (Å²) >= 11 is 0. The summed E-state index contributed by atoms with van der Waals surface area (Å²) in [4.78, 5) is 0. The molecule has 4 nitrogen and oxygen atoms in total. The minimum Gasteiger partial charge on any atom is -0.726 e. The molecule has 0 aromatic heterocycles. The molecule has 0 aliphatic carbocycles. The van der Waals surface area contributed by atoms with Gasteiger partial charge in [0.15, 0.2) is 0 Å². The van der Waals surface area contributed by atoms with E-state index in [1.54, 1.807) is 0 Å². The van der Waals surface area contributed by atoms with Crippen LogP contribution in [0.1, 0.15) is 110 Å². The van der Waals surface area contributed by atoms with E-state index in [-0.39, 0.29) is 29.7 Å². The zero-order valence-corrected chi connectivity index (χ0v) is 18.0. The van der Waals surface area contributed by atoms with E-state index in [2.05, 4.69) is 11.1 Å². The van der Waals surface area contributed by atoms with Gasteiger partial charge in [-0.3, -0.25) is 4.18 Å². The first-order valence-electron chi connectivity index (χ1n) is 9.66. The van der Waals surface area contributed by atoms with Crippen LogP contribution in [0.2, 0.25) is 0 Å². The quantitative estimate of drug-likeness (QED) is 0.141. The molecule has 0 N–H and O–H groups in total. The van der Waals surface area contributed by atoms with Crippen molar-refractivity contribution in [1.29, 1.82) is 0 Å². The van der Waals surface area contributed by atoms with E-state index in [4.69, 9.17) is 0 Å². The summed E-state index contributed by atoms with van der Waals surface area (Å²) in [6.07, 6.45) is 20.3. The monoisotopic (exact) mass is 373 g/mol. The number of rotatable bonds is 18. The summed E-state index contributed by atoms with van der Waals surface area (Å²) < 4.78 is 34.8. The van der Waals surface area contributed by atoms with Gasteiger partial charge in [-0.1, -0.05) is 103 Å². The first-order chi connectivity index (χ1) is 11.1. The first-order valence-corrected chi connectivity index (χ1v) is 11.0. The normalized spacial score (nSPS) is 11.4. The molecule has 0 bridgehead atoms. The SMILES string of the molecule is CCCCCCCCCCCCCCCCCCOS(=O)(=O)[O-].[Mg+2]. The van der Waals surface area contributed by atoms with Crippen molar-refractivity contribution in [3.05, 3.63) is 0 Å². The van der Waals surface area contributed by atoms with Crippen LogP contribution in [0, 0.1) is 0 Å². The van der Waals surface area contributed by atoms with E-state index < -0.39 is 10.4 Å². The van der Waals surface area contributed by atoms with Gasteiger partial charge in [-0.2, -0.15) is 0 Å². The molecular formula is C18H37MgO4S+. The Labute approximate surface area is 166 Å². The number of unbranched alkanes of at least 4 members (excludes halogenated alkanes) is 15. The molecule has 0 radical (unpaired) electrons. The predicted molar refractivity (Wildman–Crippen MR) is 101 cm³/mol. The summed E-state index contributed by atoms with van der Waals surface area (Å²) in [7, 11) is -4.49. The molecule has 0 aliphatic rings. The Morgan fingerprint density at radius 1 is 0.625 bits per heavy atom. The molecule has 0 rings (SSSR count). The van der Waals surface area contributed by atoms with E-state index in [0.717, 1.165) is 12.8 Å². The van der Waals surface area contributed by atoms with Crippen molar-refractivity contribution in [3.63, 3.8) is 0 Å². The molecule has 0 unspecified atom stereocenters. The molecule has 0 atom stereocenters. The largest absolute Gasteiger partial charge is 2.00 e. The van der Waals surface area contributed by atoms with Crippen molar-refractivity contribution in [1.82, 2.24) is 0 Å². The van der Waals surface area contributed by atoms with Crippen molar-refractivity contribution in [2.24, 2.45) is 0 Å². The van der Waals surface area contributed by atoms with Crippen molar-refractivity contribution in [2.45, 2.75) is 110 Å². The predicted octanol–water partition coefficient (Wildman–Crippen LogP) is 5.34. The maximum atomic E-state index is 10.2. The van der Waals surface area contributed by atoms with Gasteiger partial charge in [0.25, 0.3) is 0 Å². The molecule has 24 heavy (non-hydrogen) atoms. The summed E-state index contributed by atoms with van der Waals surface area (Å²) in [5.41, 5.74) is 0. The molecule has 0 spiro atoms. The summed E-state index contributed by atoms with van der Waals surface area (Å²) in [5.74, 6) is 0. The van der Waals surface area contributed by atoms with E-state index in [0.29, 0.717) is 6.42 Å². The van der Waals surface area contributed by atoms with Crippen molar-refractivity contribution in [3.8, 4) is 0 Å². The Balaban J connectivity index is 0. The van der Waals surface area contributed by atoms with Crippen LogP contribution in [0.3, 0.4) is 0 Å². The molecule has 0 aliphatic heterocycles. The second-order valence-corrected chi connectivity index (χ2v) is 7.59. The van der Waals surface area contributed by atoms with Gasteiger partial charge in [0.05, 0.1) is 6.61 Å². The summed E-state index contributed by atoms with van der Waals surface area (Å²) in [6.45, 7) is 2.29. The fourth-order valence-electron chi connectivity index (χ4n) is 2.81. The first kappa shape index (κ1) is 26.9. The van der Waals surface area contributed by atoms with E-state index in [1.165, 1.54) is 83.5 Å².